The summed E-state index contributed by atoms with van der Waals surface area (Å²) in [5.41, 5.74) is 35.2. The summed E-state index contributed by atoms with van der Waals surface area (Å²) < 4.78 is 49.0. The lowest BCUT2D eigenvalue weighted by molar-refractivity contribution is -0.296. The number of carbonyl (C=O) groups is 1. The van der Waals surface area contributed by atoms with Gasteiger partial charge in [0.25, 0.3) is 5.91 Å². The van der Waals surface area contributed by atoms with Crippen LogP contribution in [0.25, 0.3) is 0 Å². The van der Waals surface area contributed by atoms with Crippen molar-refractivity contribution in [2.75, 3.05) is 26.2 Å². The number of alkyl halides is 1. The van der Waals surface area contributed by atoms with Crippen LogP contribution in [0.1, 0.15) is 12.8 Å². The minimum absolute atomic E-state index is 0.131. The molecule has 0 aromatic rings. The lowest BCUT2D eigenvalue weighted by Crippen LogP contribution is -2.73. The lowest BCUT2D eigenvalue weighted by Gasteiger charge is -2.48. The second-order valence-electron chi connectivity index (χ2n) is 12.7. The smallest absolute Gasteiger partial charge is 0.252 e. The molecule has 0 unspecified atom stereocenters. The minimum atomic E-state index is -2.26. The summed E-state index contributed by atoms with van der Waals surface area (Å²) in [6.45, 7) is -1.53. The van der Waals surface area contributed by atoms with Gasteiger partial charge in [-0.3, -0.25) is 4.79 Å². The Morgan fingerprint density at radius 2 is 1.39 bits per heavy atom. The highest BCUT2D eigenvalue weighted by Crippen LogP contribution is 2.34. The molecule has 4 aliphatic rings. The fourth-order valence-corrected chi connectivity index (χ4v) is 6.34. The maximum Gasteiger partial charge on any atom is 0.252 e. The van der Waals surface area contributed by atoms with Gasteiger partial charge in [0.2, 0.25) is 0 Å². The van der Waals surface area contributed by atoms with E-state index in [9.17, 15) is 44.9 Å². The molecule has 22 heteroatoms. The van der Waals surface area contributed by atoms with Gasteiger partial charge in [-0.2, -0.15) is 0 Å². The number of halogens is 1. The third-order valence-electron chi connectivity index (χ3n) is 9.40. The summed E-state index contributed by atoms with van der Waals surface area (Å²) in [5.74, 6) is -1.33. The Morgan fingerprint density at radius 3 is 2.00 bits per heavy atom. The fraction of sp³-hybridized carbons (Fsp3) is 0.963. The largest absolute Gasteiger partial charge is 0.394 e. The maximum atomic E-state index is 14.0. The zero-order chi connectivity index (χ0) is 36.3. The monoisotopic (exact) mass is 717 g/mol. The molecule has 0 radical (unpaired) electrons. The second-order valence-corrected chi connectivity index (χ2v) is 12.7. The van der Waals surface area contributed by atoms with E-state index in [1.54, 1.807) is 0 Å². The third-order valence-corrected chi connectivity index (χ3v) is 9.40. The first-order chi connectivity index (χ1) is 23.2. The van der Waals surface area contributed by atoms with E-state index in [1.807, 2.05) is 0 Å². The maximum absolute atomic E-state index is 14.0. The van der Waals surface area contributed by atoms with Gasteiger partial charge in [-0.15, -0.1) is 0 Å². The van der Waals surface area contributed by atoms with Crippen molar-refractivity contribution in [3.8, 4) is 0 Å². The van der Waals surface area contributed by atoms with Crippen LogP contribution in [0.2, 0.25) is 0 Å². The molecular weight excluding hydrogens is 665 g/mol. The summed E-state index contributed by atoms with van der Waals surface area (Å²) in [6.07, 6.45) is -23.6. The van der Waals surface area contributed by atoms with Crippen LogP contribution in [0.5, 0.6) is 0 Å². The highest BCUT2D eigenvalue weighted by molar-refractivity contribution is 5.81. The number of ether oxygens (including phenoxy) is 6. The molecule has 3 heterocycles. The van der Waals surface area contributed by atoms with Gasteiger partial charge in [-0.1, -0.05) is 0 Å². The van der Waals surface area contributed by atoms with Crippen molar-refractivity contribution >= 4 is 5.91 Å². The van der Waals surface area contributed by atoms with E-state index < -0.39 is 142 Å². The Morgan fingerprint density at radius 1 is 0.755 bits per heavy atom. The Labute approximate surface area is 280 Å². The van der Waals surface area contributed by atoms with Crippen molar-refractivity contribution in [1.29, 1.82) is 0 Å². The van der Waals surface area contributed by atoms with Gasteiger partial charge >= 0.3 is 0 Å². The number of aliphatic hydroxyl groups excluding tert-OH is 7. The van der Waals surface area contributed by atoms with Crippen molar-refractivity contribution in [3.63, 3.8) is 0 Å². The molecule has 0 bridgehead atoms. The molecule has 3 aliphatic heterocycles. The van der Waals surface area contributed by atoms with E-state index in [0.29, 0.717) is 12.8 Å². The Bertz CT molecular complexity index is 1060. The number of hydrogen-bond acceptors (Lipinski definition) is 20. The SMILES string of the molecule is NC[C@@H]1CC[C@@H](N)[C@@H](O[C@@H]2[C@@H](N)[C@H](O)[C@@H](NC(=O)[C@@H](O)[C@H](F)CN)[C@H](O)[C@H]2O[C@@H]2O[C@H](CO)[C@@H](O[C@H]3O[C@@H](CN)[C@@H](O)[C@H](O)[C@H]3N)[C@H]2O)O1. The average Bonchev–Trinajstić information content (AvgIpc) is 3.40. The summed E-state index contributed by atoms with van der Waals surface area (Å²) in [6, 6.07) is -5.19. The fourth-order valence-electron chi connectivity index (χ4n) is 6.34. The van der Waals surface area contributed by atoms with Crippen molar-refractivity contribution in [3.05, 3.63) is 0 Å². The predicted octanol–water partition coefficient (Wildman–Crippen LogP) is -9.05. The van der Waals surface area contributed by atoms with Gasteiger partial charge in [0, 0.05) is 19.6 Å². The normalized spacial score (nSPS) is 47.5. The van der Waals surface area contributed by atoms with Crippen LogP contribution in [0.3, 0.4) is 0 Å². The molecule has 0 spiro atoms. The van der Waals surface area contributed by atoms with Gasteiger partial charge < -0.3 is 104 Å². The van der Waals surface area contributed by atoms with Gasteiger partial charge in [0.15, 0.2) is 25.0 Å². The van der Waals surface area contributed by atoms with Crippen LogP contribution in [-0.2, 0) is 33.2 Å². The standard InChI is InChI=1S/C27H52FN7O14/c28-8(4-30)15(37)24(43)35-14-17(39)12(33)22(48-25-9(32)2-1-7(3-29)44-25)23(19(14)41)49-27-20(42)21(11(6-36)46-27)47-26-13(34)18(40)16(38)10(5-31)45-26/h7-23,25-27,36-42H,1-6,29-34H2,(H,35,43)/t7-,8+,9+,10-,11+,12-,13+,14+,15-,16+,17-,18+,19-,20+,21+,22+,23+,25+,26+,27-/m0/s1. The van der Waals surface area contributed by atoms with Crippen molar-refractivity contribution < 1.29 is 73.4 Å². The summed E-state index contributed by atoms with van der Waals surface area (Å²) in [7, 11) is 0. The number of aliphatic hydroxyl groups is 7. The van der Waals surface area contributed by atoms with Gasteiger partial charge in [0.1, 0.15) is 61.1 Å². The zero-order valence-electron chi connectivity index (χ0n) is 26.6. The van der Waals surface area contributed by atoms with Crippen molar-refractivity contribution in [2.24, 2.45) is 34.4 Å². The first-order valence-corrected chi connectivity index (χ1v) is 16.1. The number of rotatable bonds is 13. The molecule has 20 N–H and O–H groups in total. The quantitative estimate of drug-likeness (QED) is 0.0840. The van der Waals surface area contributed by atoms with E-state index in [0.717, 1.165) is 0 Å². The summed E-state index contributed by atoms with van der Waals surface area (Å²) in [5, 5.41) is 76.7. The molecule has 1 aliphatic carbocycles. The molecule has 4 rings (SSSR count). The molecule has 4 fully saturated rings. The van der Waals surface area contributed by atoms with Crippen LogP contribution in [0.15, 0.2) is 0 Å². The molecule has 21 nitrogen and oxygen atoms in total. The van der Waals surface area contributed by atoms with Gasteiger partial charge in [-0.25, -0.2) is 4.39 Å². The molecule has 49 heavy (non-hydrogen) atoms. The number of carbonyl (C=O) groups excluding carboxylic acids is 1. The first kappa shape index (κ1) is 40.4. The van der Waals surface area contributed by atoms with E-state index >= 15 is 0 Å². The molecule has 20 atom stereocenters. The average molecular weight is 718 g/mol. The first-order valence-electron chi connectivity index (χ1n) is 16.1. The molecule has 0 aromatic carbocycles. The number of amides is 1. The Balaban J connectivity index is 1.58. The van der Waals surface area contributed by atoms with Gasteiger partial charge in [-0.05, 0) is 12.8 Å². The topological polar surface area (TPSA) is 382 Å². The van der Waals surface area contributed by atoms with Gasteiger partial charge in [0.05, 0.1) is 43.0 Å². The minimum Gasteiger partial charge on any atom is -0.394 e. The third kappa shape index (κ3) is 8.65. The molecule has 0 aromatic heterocycles. The highest BCUT2D eigenvalue weighted by Gasteiger charge is 2.56. The number of nitrogens with one attached hydrogen (secondary N) is 1. The molecular formula is C27H52FN7O14. The van der Waals surface area contributed by atoms with E-state index in [2.05, 4.69) is 5.32 Å². The van der Waals surface area contributed by atoms with Crippen LogP contribution >= 0.6 is 0 Å². The number of hydrogen-bond donors (Lipinski definition) is 14. The Kier molecular flexibility index (Phi) is 14.4. The van der Waals surface area contributed by atoms with Crippen molar-refractivity contribution in [2.45, 2.75) is 135 Å². The van der Waals surface area contributed by atoms with Crippen LogP contribution in [0, 0.1) is 0 Å². The van der Waals surface area contributed by atoms with Crippen LogP contribution < -0.4 is 39.7 Å². The predicted molar refractivity (Wildman–Crippen MR) is 161 cm³/mol. The molecule has 3 saturated heterocycles. The van der Waals surface area contributed by atoms with E-state index in [1.165, 1.54) is 0 Å². The molecule has 1 amide bonds. The van der Waals surface area contributed by atoms with Crippen LogP contribution in [0.4, 0.5) is 4.39 Å². The van der Waals surface area contributed by atoms with Crippen molar-refractivity contribution in [1.82, 2.24) is 5.32 Å². The molecule has 286 valence electrons. The Hall–Kier alpha value is -1.36. The molecule has 1 saturated carbocycles. The van der Waals surface area contributed by atoms with Crippen LogP contribution in [-0.4, -0.2) is 190 Å². The lowest BCUT2D eigenvalue weighted by atomic mass is 9.81. The van der Waals surface area contributed by atoms with E-state index in [-0.39, 0.29) is 13.1 Å². The highest BCUT2D eigenvalue weighted by atomic mass is 19.1. The summed E-state index contributed by atoms with van der Waals surface area (Å²) >= 11 is 0. The summed E-state index contributed by atoms with van der Waals surface area (Å²) in [4.78, 5) is 12.6. The second kappa shape index (κ2) is 17.4. The van der Waals surface area contributed by atoms with E-state index in [4.69, 9.17) is 62.8 Å². The zero-order valence-corrected chi connectivity index (χ0v) is 26.6. The number of nitrogens with two attached hydrogens (primary N) is 6.